The summed E-state index contributed by atoms with van der Waals surface area (Å²) in [5, 5.41) is 9.22. The highest BCUT2D eigenvalue weighted by Gasteiger charge is 2.41. The molecule has 31 heavy (non-hydrogen) atoms. The predicted molar refractivity (Wildman–Crippen MR) is 109 cm³/mol. The standard InChI is InChI=1S/C20H19FN4O5S/c21-12-8-16(19(22-10-12)25-13-2-3-14(25)5-4-13)24-31(28,29)15-6-1-11-7-18(20(26)23-27)30-17(11)9-15/h1,6-10,13-14,24,27H,2-5H2,(H,23,26). The molecule has 9 nitrogen and oxygen atoms in total. The van der Waals surface area contributed by atoms with E-state index in [4.69, 9.17) is 9.62 Å². The molecule has 0 unspecified atom stereocenters. The summed E-state index contributed by atoms with van der Waals surface area (Å²) in [5.41, 5.74) is 1.69. The van der Waals surface area contributed by atoms with Crippen LogP contribution in [-0.4, -0.2) is 36.6 Å². The molecule has 2 saturated heterocycles. The van der Waals surface area contributed by atoms with Gasteiger partial charge in [0.05, 0.1) is 16.8 Å². The summed E-state index contributed by atoms with van der Waals surface area (Å²) in [7, 11) is -4.10. The van der Waals surface area contributed by atoms with Gasteiger partial charge in [0, 0.05) is 29.6 Å². The van der Waals surface area contributed by atoms with Gasteiger partial charge >= 0.3 is 5.91 Å². The molecule has 2 bridgehead atoms. The molecule has 11 heteroatoms. The van der Waals surface area contributed by atoms with Gasteiger partial charge in [0.25, 0.3) is 10.0 Å². The number of furan rings is 1. The maximum Gasteiger partial charge on any atom is 0.310 e. The molecule has 5 rings (SSSR count). The number of halogens is 1. The molecule has 2 aliphatic heterocycles. The molecule has 3 aromatic rings. The third-order valence-electron chi connectivity index (χ3n) is 5.90. The number of aromatic nitrogens is 1. The zero-order chi connectivity index (χ0) is 21.8. The quantitative estimate of drug-likeness (QED) is 0.406. The lowest BCUT2D eigenvalue weighted by atomic mass is 10.0. The van der Waals surface area contributed by atoms with E-state index in [2.05, 4.69) is 14.6 Å². The number of nitrogens with zero attached hydrogens (tertiary/aromatic N) is 2. The minimum absolute atomic E-state index is 0.0821. The summed E-state index contributed by atoms with van der Waals surface area (Å²) >= 11 is 0. The summed E-state index contributed by atoms with van der Waals surface area (Å²) in [6, 6.07) is 7.16. The normalized spacial score (nSPS) is 20.4. The summed E-state index contributed by atoms with van der Waals surface area (Å²) in [5.74, 6) is -1.24. The van der Waals surface area contributed by atoms with Crippen LogP contribution in [0.4, 0.5) is 15.9 Å². The van der Waals surface area contributed by atoms with Crippen LogP contribution < -0.4 is 15.1 Å². The molecule has 0 spiro atoms. The van der Waals surface area contributed by atoms with Crippen molar-refractivity contribution in [3.8, 4) is 0 Å². The minimum Gasteiger partial charge on any atom is -0.451 e. The molecule has 0 atom stereocenters. The summed E-state index contributed by atoms with van der Waals surface area (Å²) in [4.78, 5) is 17.7. The van der Waals surface area contributed by atoms with Crippen molar-refractivity contribution in [2.24, 2.45) is 0 Å². The fraction of sp³-hybridized carbons (Fsp3) is 0.300. The molecule has 0 saturated carbocycles. The van der Waals surface area contributed by atoms with E-state index in [0.29, 0.717) is 11.2 Å². The van der Waals surface area contributed by atoms with Crippen LogP contribution in [0, 0.1) is 5.82 Å². The monoisotopic (exact) mass is 446 g/mol. The number of benzene rings is 1. The SMILES string of the molecule is O=C(NO)c1cc2ccc(S(=O)(=O)Nc3cc(F)cnc3N3C4CCC3CC4)cc2o1. The summed E-state index contributed by atoms with van der Waals surface area (Å²) in [6.45, 7) is 0. The largest absolute Gasteiger partial charge is 0.451 e. The number of hydrogen-bond acceptors (Lipinski definition) is 7. The highest BCUT2D eigenvalue weighted by Crippen LogP contribution is 2.43. The van der Waals surface area contributed by atoms with Crippen molar-refractivity contribution in [1.29, 1.82) is 0 Å². The Morgan fingerprint density at radius 2 is 1.87 bits per heavy atom. The highest BCUT2D eigenvalue weighted by atomic mass is 32.2. The zero-order valence-corrected chi connectivity index (χ0v) is 17.0. The molecule has 3 N–H and O–H groups in total. The van der Waals surface area contributed by atoms with Crippen molar-refractivity contribution >= 4 is 38.4 Å². The van der Waals surface area contributed by atoms with Crippen molar-refractivity contribution in [2.75, 3.05) is 9.62 Å². The first-order chi connectivity index (χ1) is 14.9. The van der Waals surface area contributed by atoms with Gasteiger partial charge in [0.2, 0.25) is 0 Å². The van der Waals surface area contributed by atoms with Crippen molar-refractivity contribution in [1.82, 2.24) is 10.5 Å². The molecular formula is C20H19FN4O5S. The Hall–Kier alpha value is -3.18. The number of rotatable bonds is 5. The second-order valence-corrected chi connectivity index (χ2v) is 9.43. The van der Waals surface area contributed by atoms with Gasteiger partial charge < -0.3 is 9.32 Å². The summed E-state index contributed by atoms with van der Waals surface area (Å²) < 4.78 is 47.9. The van der Waals surface area contributed by atoms with Gasteiger partial charge in [-0.15, -0.1) is 0 Å². The molecule has 1 aromatic carbocycles. The van der Waals surface area contributed by atoms with Crippen LogP contribution in [0.15, 0.2) is 45.8 Å². The third kappa shape index (κ3) is 3.39. The van der Waals surface area contributed by atoms with Gasteiger partial charge in [-0.1, -0.05) is 0 Å². The van der Waals surface area contributed by atoms with E-state index in [9.17, 15) is 17.6 Å². The zero-order valence-electron chi connectivity index (χ0n) is 16.2. The molecule has 162 valence electrons. The van der Waals surface area contributed by atoms with Crippen LogP contribution in [0.5, 0.6) is 0 Å². The van der Waals surface area contributed by atoms with Crippen LogP contribution in [0.1, 0.15) is 36.2 Å². The number of anilines is 2. The van der Waals surface area contributed by atoms with Crippen molar-refractivity contribution in [3.63, 3.8) is 0 Å². The molecule has 2 fully saturated rings. The Labute approximate surface area is 176 Å². The van der Waals surface area contributed by atoms with E-state index < -0.39 is 21.7 Å². The summed E-state index contributed by atoms with van der Waals surface area (Å²) in [6.07, 6.45) is 5.13. The van der Waals surface area contributed by atoms with E-state index >= 15 is 0 Å². The second-order valence-electron chi connectivity index (χ2n) is 7.75. The number of carbonyl (C=O) groups is 1. The smallest absolute Gasteiger partial charge is 0.310 e. The molecular weight excluding hydrogens is 427 g/mol. The average Bonchev–Trinajstić information content (AvgIpc) is 3.46. The molecule has 0 aliphatic carbocycles. The Morgan fingerprint density at radius 3 is 2.55 bits per heavy atom. The van der Waals surface area contributed by atoms with Gasteiger partial charge in [-0.25, -0.2) is 23.3 Å². The fourth-order valence-electron chi connectivity index (χ4n) is 4.52. The lowest BCUT2D eigenvalue weighted by molar-refractivity contribution is 0.0678. The minimum atomic E-state index is -4.10. The Bertz CT molecular complexity index is 1270. The number of amides is 1. The number of nitrogens with one attached hydrogen (secondary N) is 2. The fourth-order valence-corrected chi connectivity index (χ4v) is 5.59. The molecule has 2 aliphatic rings. The Morgan fingerprint density at radius 1 is 1.16 bits per heavy atom. The maximum atomic E-state index is 14.0. The number of hydrogen-bond donors (Lipinski definition) is 3. The molecule has 1 amide bonds. The van der Waals surface area contributed by atoms with Crippen molar-refractivity contribution in [2.45, 2.75) is 42.7 Å². The van der Waals surface area contributed by atoms with E-state index in [0.717, 1.165) is 37.9 Å². The van der Waals surface area contributed by atoms with Gasteiger partial charge in [-0.2, -0.15) is 0 Å². The second kappa shape index (κ2) is 7.20. The lowest BCUT2D eigenvalue weighted by Gasteiger charge is -2.26. The van der Waals surface area contributed by atoms with E-state index in [1.807, 2.05) is 0 Å². The Kier molecular flexibility index (Phi) is 4.59. The number of pyridine rings is 1. The van der Waals surface area contributed by atoms with E-state index in [1.165, 1.54) is 29.7 Å². The van der Waals surface area contributed by atoms with Crippen LogP contribution in [0.2, 0.25) is 0 Å². The maximum absolute atomic E-state index is 14.0. The average molecular weight is 446 g/mol. The van der Waals surface area contributed by atoms with Crippen LogP contribution in [-0.2, 0) is 10.0 Å². The van der Waals surface area contributed by atoms with Crippen LogP contribution in [0.25, 0.3) is 11.0 Å². The molecule has 2 aromatic heterocycles. The molecule has 0 radical (unpaired) electrons. The van der Waals surface area contributed by atoms with E-state index in [-0.39, 0.29) is 34.0 Å². The first kappa shape index (κ1) is 19.8. The third-order valence-corrected chi connectivity index (χ3v) is 7.27. The molecule has 4 heterocycles. The number of fused-ring (bicyclic) bond motifs is 3. The predicted octanol–water partition coefficient (Wildman–Crippen LogP) is 3.02. The van der Waals surface area contributed by atoms with Crippen molar-refractivity contribution in [3.05, 3.63) is 48.1 Å². The number of carbonyl (C=O) groups excluding carboxylic acids is 1. The van der Waals surface area contributed by atoms with Crippen molar-refractivity contribution < 1.29 is 27.2 Å². The number of hydroxylamine groups is 1. The lowest BCUT2D eigenvalue weighted by Crippen LogP contribution is -2.30. The van der Waals surface area contributed by atoms with Gasteiger partial charge in [-0.3, -0.25) is 14.7 Å². The first-order valence-electron chi connectivity index (χ1n) is 9.80. The highest BCUT2D eigenvalue weighted by molar-refractivity contribution is 7.92. The first-order valence-corrected chi connectivity index (χ1v) is 11.3. The van der Waals surface area contributed by atoms with Crippen LogP contribution >= 0.6 is 0 Å². The van der Waals surface area contributed by atoms with Crippen LogP contribution in [0.3, 0.4) is 0 Å². The van der Waals surface area contributed by atoms with Gasteiger partial charge in [-0.05, 0) is 43.9 Å². The number of sulfonamides is 1. The Balaban J connectivity index is 1.50. The van der Waals surface area contributed by atoms with Gasteiger partial charge in [0.1, 0.15) is 11.4 Å². The van der Waals surface area contributed by atoms with Gasteiger partial charge in [0.15, 0.2) is 11.6 Å². The van der Waals surface area contributed by atoms with E-state index in [1.54, 1.807) is 0 Å². The topological polar surface area (TPSA) is 125 Å².